The second-order valence-corrected chi connectivity index (χ2v) is 7.96. The molecule has 1 aromatic heterocycles. The van der Waals surface area contributed by atoms with E-state index in [2.05, 4.69) is 15.5 Å². The number of anilines is 1. The Hall–Kier alpha value is -3.36. The van der Waals surface area contributed by atoms with Gasteiger partial charge in [-0.2, -0.15) is 18.2 Å². The third kappa shape index (κ3) is 4.92. The summed E-state index contributed by atoms with van der Waals surface area (Å²) >= 11 is 0. The van der Waals surface area contributed by atoms with Crippen molar-refractivity contribution in [2.45, 2.75) is 32.4 Å². The van der Waals surface area contributed by atoms with Gasteiger partial charge in [-0.3, -0.25) is 0 Å². The number of aryl methyl sites for hydroxylation is 1. The standard InChI is InChI=1S/C23H23F3N4O2/c1-15-7-2-3-9-17(15)21-28-20(32-29-21)13-16-8-6-12-30(14-16)22(31)27-19-11-5-4-10-18(19)23(24,25)26/h2-5,7,9-11,16H,6,8,12-14H2,1H3,(H,27,31). The zero-order valence-corrected chi connectivity index (χ0v) is 17.5. The van der Waals surface area contributed by atoms with Crippen LogP contribution in [0.3, 0.4) is 0 Å². The van der Waals surface area contributed by atoms with Gasteiger partial charge in [0, 0.05) is 25.1 Å². The Morgan fingerprint density at radius 3 is 2.72 bits per heavy atom. The minimum Gasteiger partial charge on any atom is -0.339 e. The number of alkyl halides is 3. The van der Waals surface area contributed by atoms with Gasteiger partial charge in [-0.1, -0.05) is 41.6 Å². The summed E-state index contributed by atoms with van der Waals surface area (Å²) in [5.74, 6) is 1.09. The lowest BCUT2D eigenvalue weighted by Crippen LogP contribution is -2.43. The van der Waals surface area contributed by atoms with Crippen LogP contribution in [0.2, 0.25) is 0 Å². The molecule has 32 heavy (non-hydrogen) atoms. The number of rotatable bonds is 4. The molecule has 1 saturated heterocycles. The van der Waals surface area contributed by atoms with Gasteiger partial charge in [-0.05, 0) is 43.4 Å². The molecule has 168 valence electrons. The minimum absolute atomic E-state index is 0.0810. The van der Waals surface area contributed by atoms with Crippen LogP contribution in [0.25, 0.3) is 11.4 Å². The number of carbonyl (C=O) groups is 1. The van der Waals surface area contributed by atoms with Gasteiger partial charge in [0.2, 0.25) is 11.7 Å². The molecule has 2 amide bonds. The summed E-state index contributed by atoms with van der Waals surface area (Å²) in [4.78, 5) is 18.7. The second kappa shape index (κ2) is 9.02. The van der Waals surface area contributed by atoms with E-state index in [0.29, 0.717) is 31.2 Å². The molecule has 4 rings (SSSR count). The molecular formula is C23H23F3N4O2. The Bertz CT molecular complexity index is 1100. The van der Waals surface area contributed by atoms with Crippen molar-refractivity contribution in [2.24, 2.45) is 5.92 Å². The largest absolute Gasteiger partial charge is 0.418 e. The molecule has 1 unspecified atom stereocenters. The smallest absolute Gasteiger partial charge is 0.339 e. The van der Waals surface area contributed by atoms with E-state index in [9.17, 15) is 18.0 Å². The maximum atomic E-state index is 13.2. The van der Waals surface area contributed by atoms with Crippen LogP contribution in [-0.2, 0) is 12.6 Å². The number of likely N-dealkylation sites (tertiary alicyclic amines) is 1. The van der Waals surface area contributed by atoms with Crippen molar-refractivity contribution < 1.29 is 22.5 Å². The second-order valence-electron chi connectivity index (χ2n) is 7.96. The van der Waals surface area contributed by atoms with E-state index >= 15 is 0 Å². The first-order valence-electron chi connectivity index (χ1n) is 10.4. The maximum absolute atomic E-state index is 13.2. The average molecular weight is 444 g/mol. The molecule has 2 heterocycles. The Balaban J connectivity index is 1.40. The normalized spacial score (nSPS) is 16.8. The van der Waals surface area contributed by atoms with Crippen molar-refractivity contribution in [1.82, 2.24) is 15.0 Å². The summed E-state index contributed by atoms with van der Waals surface area (Å²) in [6.07, 6.45) is -2.42. The highest BCUT2D eigenvalue weighted by Gasteiger charge is 2.34. The maximum Gasteiger partial charge on any atom is 0.418 e. The van der Waals surface area contributed by atoms with E-state index < -0.39 is 17.8 Å². The number of aromatic nitrogens is 2. The zero-order chi connectivity index (χ0) is 22.7. The highest BCUT2D eigenvalue weighted by Crippen LogP contribution is 2.35. The van der Waals surface area contributed by atoms with Crippen LogP contribution in [0, 0.1) is 12.8 Å². The van der Waals surface area contributed by atoms with Crippen molar-refractivity contribution in [1.29, 1.82) is 0 Å². The fourth-order valence-corrected chi connectivity index (χ4v) is 3.97. The fraction of sp³-hybridized carbons (Fsp3) is 0.348. The Morgan fingerprint density at radius 1 is 1.19 bits per heavy atom. The predicted octanol–water partition coefficient (Wildman–Crippen LogP) is 5.55. The number of urea groups is 1. The van der Waals surface area contributed by atoms with Gasteiger partial charge in [0.15, 0.2) is 0 Å². The summed E-state index contributed by atoms with van der Waals surface area (Å²) in [6, 6.07) is 12.2. The Labute approximate surface area is 183 Å². The molecule has 0 spiro atoms. The van der Waals surface area contributed by atoms with Crippen LogP contribution in [0.5, 0.6) is 0 Å². The molecule has 6 nitrogen and oxygen atoms in total. The monoisotopic (exact) mass is 444 g/mol. The number of amides is 2. The average Bonchev–Trinajstić information content (AvgIpc) is 3.22. The molecule has 0 radical (unpaired) electrons. The Morgan fingerprint density at radius 2 is 1.94 bits per heavy atom. The summed E-state index contributed by atoms with van der Waals surface area (Å²) < 4.78 is 45.0. The SMILES string of the molecule is Cc1ccccc1-c1noc(CC2CCCN(C(=O)Nc3ccccc3C(F)(F)F)C2)n1. The third-order valence-corrected chi connectivity index (χ3v) is 5.60. The predicted molar refractivity (Wildman–Crippen MR) is 113 cm³/mol. The Kier molecular flexibility index (Phi) is 6.16. The number of carbonyl (C=O) groups excluding carboxylic acids is 1. The van der Waals surface area contributed by atoms with E-state index in [4.69, 9.17) is 4.52 Å². The van der Waals surface area contributed by atoms with E-state index in [1.165, 1.54) is 18.2 Å². The number of nitrogens with zero attached hydrogens (tertiary/aromatic N) is 3. The molecule has 1 atom stereocenters. The van der Waals surface area contributed by atoms with Crippen LogP contribution >= 0.6 is 0 Å². The zero-order valence-electron chi connectivity index (χ0n) is 17.5. The highest BCUT2D eigenvalue weighted by molar-refractivity contribution is 5.90. The first-order valence-corrected chi connectivity index (χ1v) is 10.4. The lowest BCUT2D eigenvalue weighted by Gasteiger charge is -2.32. The van der Waals surface area contributed by atoms with E-state index in [1.807, 2.05) is 31.2 Å². The van der Waals surface area contributed by atoms with Gasteiger partial charge in [0.05, 0.1) is 11.3 Å². The number of piperidine rings is 1. The molecule has 9 heteroatoms. The van der Waals surface area contributed by atoms with Crippen LogP contribution in [0.1, 0.15) is 29.9 Å². The molecule has 2 aromatic carbocycles. The van der Waals surface area contributed by atoms with Gasteiger partial charge in [0.1, 0.15) is 0 Å². The topological polar surface area (TPSA) is 71.3 Å². The number of hydrogen-bond acceptors (Lipinski definition) is 4. The van der Waals surface area contributed by atoms with Gasteiger partial charge in [-0.15, -0.1) is 0 Å². The molecule has 0 aliphatic carbocycles. The summed E-state index contributed by atoms with van der Waals surface area (Å²) in [7, 11) is 0. The van der Waals surface area contributed by atoms with Crippen LogP contribution in [0.4, 0.5) is 23.7 Å². The summed E-state index contributed by atoms with van der Waals surface area (Å²) in [5.41, 5.74) is 0.832. The van der Waals surface area contributed by atoms with Crippen LogP contribution < -0.4 is 5.32 Å². The van der Waals surface area contributed by atoms with Crippen LogP contribution in [-0.4, -0.2) is 34.2 Å². The molecule has 1 aliphatic heterocycles. The first kappa shape index (κ1) is 21.9. The molecular weight excluding hydrogens is 421 g/mol. The van der Waals surface area contributed by atoms with E-state index in [0.717, 1.165) is 30.0 Å². The van der Waals surface area contributed by atoms with Gasteiger partial charge >= 0.3 is 12.2 Å². The van der Waals surface area contributed by atoms with Crippen molar-refractivity contribution >= 4 is 11.7 Å². The van der Waals surface area contributed by atoms with E-state index in [1.54, 1.807) is 4.90 Å². The number of para-hydroxylation sites is 1. The van der Waals surface area contributed by atoms with Crippen molar-refractivity contribution in [2.75, 3.05) is 18.4 Å². The highest BCUT2D eigenvalue weighted by atomic mass is 19.4. The molecule has 3 aromatic rings. The van der Waals surface area contributed by atoms with Crippen molar-refractivity contribution in [3.8, 4) is 11.4 Å². The quantitative estimate of drug-likeness (QED) is 0.573. The molecule has 0 saturated carbocycles. The van der Waals surface area contributed by atoms with Crippen molar-refractivity contribution in [3.05, 3.63) is 65.5 Å². The third-order valence-electron chi connectivity index (χ3n) is 5.60. The van der Waals surface area contributed by atoms with Gasteiger partial charge in [-0.25, -0.2) is 4.79 Å². The lowest BCUT2D eigenvalue weighted by molar-refractivity contribution is -0.136. The molecule has 1 fully saturated rings. The molecule has 0 bridgehead atoms. The summed E-state index contributed by atoms with van der Waals surface area (Å²) in [5, 5.41) is 6.49. The minimum atomic E-state index is -4.54. The lowest BCUT2D eigenvalue weighted by atomic mass is 9.95. The molecule has 1 aliphatic rings. The summed E-state index contributed by atoms with van der Waals surface area (Å²) in [6.45, 7) is 2.86. The first-order chi connectivity index (χ1) is 15.3. The number of nitrogens with one attached hydrogen (secondary N) is 1. The molecule has 1 N–H and O–H groups in total. The van der Waals surface area contributed by atoms with Gasteiger partial charge in [0.25, 0.3) is 0 Å². The van der Waals surface area contributed by atoms with Crippen LogP contribution in [0.15, 0.2) is 53.1 Å². The van der Waals surface area contributed by atoms with E-state index in [-0.39, 0.29) is 11.6 Å². The number of hydrogen-bond donors (Lipinski definition) is 1. The van der Waals surface area contributed by atoms with Gasteiger partial charge < -0.3 is 14.7 Å². The number of halogens is 3. The van der Waals surface area contributed by atoms with Crippen molar-refractivity contribution in [3.63, 3.8) is 0 Å². The fourth-order valence-electron chi connectivity index (χ4n) is 3.97. The number of benzene rings is 2.